The predicted octanol–water partition coefficient (Wildman–Crippen LogP) is 8.41. The summed E-state index contributed by atoms with van der Waals surface area (Å²) in [6.07, 6.45) is 1.64. The lowest BCUT2D eigenvalue weighted by atomic mass is 10.0. The summed E-state index contributed by atoms with van der Waals surface area (Å²) in [5.74, 6) is 0.268. The van der Waals surface area contributed by atoms with Gasteiger partial charge in [-0.05, 0) is 72.7 Å². The molecule has 0 bridgehead atoms. The molecule has 0 radical (unpaired) electrons. The van der Waals surface area contributed by atoms with Crippen LogP contribution in [0.25, 0.3) is 34.3 Å². The number of carbonyl (C=O) groups excluding carboxylic acids is 1. The molecule has 0 atom stereocenters. The van der Waals surface area contributed by atoms with Gasteiger partial charge in [0.15, 0.2) is 0 Å². The Labute approximate surface area is 238 Å². The number of carbonyl (C=O) groups is 1. The Morgan fingerprint density at radius 2 is 1.57 bits per heavy atom. The zero-order valence-electron chi connectivity index (χ0n) is 21.8. The second-order valence-corrected chi connectivity index (χ2v) is 9.40. The number of nitrogens with zero attached hydrogens (tertiary/aromatic N) is 2. The van der Waals surface area contributed by atoms with Gasteiger partial charge in [0.25, 0.3) is 5.91 Å². The molecule has 40 heavy (non-hydrogen) atoms. The van der Waals surface area contributed by atoms with Crippen LogP contribution < -0.4 is 10.1 Å². The van der Waals surface area contributed by atoms with Gasteiger partial charge in [-0.1, -0.05) is 78.3 Å². The number of halogens is 1. The van der Waals surface area contributed by atoms with E-state index in [1.807, 2.05) is 97.9 Å². The molecule has 1 amide bonds. The molecule has 0 fully saturated rings. The number of nitriles is 1. The number of amides is 1. The first-order valence-corrected chi connectivity index (χ1v) is 13.2. The van der Waals surface area contributed by atoms with Crippen LogP contribution in [0.4, 0.5) is 5.69 Å². The van der Waals surface area contributed by atoms with E-state index < -0.39 is 5.91 Å². The lowest BCUT2D eigenvalue weighted by Crippen LogP contribution is -2.13. The Hall–Kier alpha value is -5.05. The van der Waals surface area contributed by atoms with Gasteiger partial charge >= 0.3 is 0 Å². The van der Waals surface area contributed by atoms with Crippen molar-refractivity contribution in [1.82, 2.24) is 4.57 Å². The van der Waals surface area contributed by atoms with E-state index in [1.165, 1.54) is 0 Å². The molecule has 5 nitrogen and oxygen atoms in total. The number of nitrogens with one attached hydrogen (secondary N) is 1. The maximum atomic E-state index is 13.2. The van der Waals surface area contributed by atoms with E-state index in [9.17, 15) is 10.1 Å². The summed E-state index contributed by atoms with van der Waals surface area (Å²) in [7, 11) is 0. The molecule has 0 aliphatic rings. The highest BCUT2D eigenvalue weighted by atomic mass is 35.5. The minimum atomic E-state index is -0.515. The van der Waals surface area contributed by atoms with Crippen molar-refractivity contribution in [2.45, 2.75) is 6.92 Å². The fourth-order valence-corrected chi connectivity index (χ4v) is 4.74. The molecular formula is C34H26ClN3O2. The van der Waals surface area contributed by atoms with Crippen LogP contribution in [0.15, 0.2) is 121 Å². The smallest absolute Gasteiger partial charge is 0.266 e. The van der Waals surface area contributed by atoms with Gasteiger partial charge in [-0.2, -0.15) is 5.26 Å². The largest absolute Gasteiger partial charge is 0.494 e. The standard InChI is InChI=1S/C34H26ClN3O2/c1-2-40-31-18-16-30(17-19-31)38-32(24-10-5-3-6-11-24)21-26(33(38)25-12-7-4-8-13-25)20-27(23-36)34(39)37-29-15-9-14-28(35)22-29/h3-22H,2H2,1H3,(H,37,39)/b27-20+. The number of hydrogen-bond donors (Lipinski definition) is 1. The number of benzene rings is 4. The molecule has 1 heterocycles. The summed E-state index contributed by atoms with van der Waals surface area (Å²) >= 11 is 6.08. The van der Waals surface area contributed by atoms with Crippen molar-refractivity contribution in [2.75, 3.05) is 11.9 Å². The molecule has 0 aliphatic carbocycles. The number of hydrogen-bond acceptors (Lipinski definition) is 3. The summed E-state index contributed by atoms with van der Waals surface area (Å²) in [5.41, 5.74) is 5.85. The minimum absolute atomic E-state index is 0.0272. The quantitative estimate of drug-likeness (QED) is 0.158. The van der Waals surface area contributed by atoms with Crippen LogP contribution in [-0.4, -0.2) is 17.1 Å². The highest BCUT2D eigenvalue weighted by Crippen LogP contribution is 2.37. The molecule has 5 rings (SSSR count). The van der Waals surface area contributed by atoms with Gasteiger partial charge in [0.1, 0.15) is 17.4 Å². The van der Waals surface area contributed by atoms with Crippen molar-refractivity contribution in [3.8, 4) is 40.0 Å². The summed E-state index contributed by atoms with van der Waals surface area (Å²) in [6.45, 7) is 2.53. The first-order valence-electron chi connectivity index (χ1n) is 12.9. The molecule has 0 unspecified atom stereocenters. The fourth-order valence-electron chi connectivity index (χ4n) is 4.55. The van der Waals surface area contributed by atoms with Gasteiger partial charge < -0.3 is 14.6 Å². The van der Waals surface area contributed by atoms with Crippen LogP contribution >= 0.6 is 11.6 Å². The second-order valence-electron chi connectivity index (χ2n) is 8.96. The van der Waals surface area contributed by atoms with E-state index in [1.54, 1.807) is 30.3 Å². The van der Waals surface area contributed by atoms with Crippen molar-refractivity contribution in [3.05, 3.63) is 131 Å². The van der Waals surface area contributed by atoms with Crippen molar-refractivity contribution >= 4 is 29.3 Å². The third kappa shape index (κ3) is 5.83. The van der Waals surface area contributed by atoms with E-state index in [0.717, 1.165) is 39.5 Å². The molecular weight excluding hydrogens is 518 g/mol. The lowest BCUT2D eigenvalue weighted by Gasteiger charge is -2.16. The van der Waals surface area contributed by atoms with E-state index in [0.29, 0.717) is 17.3 Å². The van der Waals surface area contributed by atoms with E-state index in [4.69, 9.17) is 16.3 Å². The van der Waals surface area contributed by atoms with Crippen LogP contribution in [0.1, 0.15) is 12.5 Å². The molecule has 196 valence electrons. The van der Waals surface area contributed by atoms with Crippen molar-refractivity contribution in [2.24, 2.45) is 0 Å². The zero-order valence-corrected chi connectivity index (χ0v) is 22.6. The van der Waals surface area contributed by atoms with Crippen LogP contribution in [-0.2, 0) is 4.79 Å². The first kappa shape index (κ1) is 26.6. The fraction of sp³-hybridized carbons (Fsp3) is 0.0588. The van der Waals surface area contributed by atoms with Gasteiger partial charge in [-0.15, -0.1) is 0 Å². The molecule has 0 saturated heterocycles. The molecule has 0 saturated carbocycles. The Bertz CT molecular complexity index is 1700. The third-order valence-electron chi connectivity index (χ3n) is 6.30. The average molecular weight is 544 g/mol. The number of anilines is 1. The highest BCUT2D eigenvalue weighted by Gasteiger charge is 2.20. The monoisotopic (exact) mass is 543 g/mol. The predicted molar refractivity (Wildman–Crippen MR) is 161 cm³/mol. The van der Waals surface area contributed by atoms with Gasteiger partial charge in [0, 0.05) is 22.0 Å². The third-order valence-corrected chi connectivity index (χ3v) is 6.54. The molecule has 6 heteroatoms. The molecule has 0 spiro atoms. The maximum Gasteiger partial charge on any atom is 0.266 e. The second kappa shape index (κ2) is 12.2. The lowest BCUT2D eigenvalue weighted by molar-refractivity contribution is -0.112. The highest BCUT2D eigenvalue weighted by molar-refractivity contribution is 6.31. The van der Waals surface area contributed by atoms with Gasteiger partial charge in [0.05, 0.1) is 18.0 Å². The van der Waals surface area contributed by atoms with Crippen molar-refractivity contribution in [1.29, 1.82) is 5.26 Å². The topological polar surface area (TPSA) is 67.0 Å². The maximum absolute atomic E-state index is 13.2. The van der Waals surface area contributed by atoms with Crippen LogP contribution in [0.3, 0.4) is 0 Å². The first-order chi connectivity index (χ1) is 19.6. The van der Waals surface area contributed by atoms with E-state index >= 15 is 0 Å². The SMILES string of the molecule is CCOc1ccc(-n2c(-c3ccccc3)cc(/C=C(\C#N)C(=O)Nc3cccc(Cl)c3)c2-c2ccccc2)cc1. The molecule has 5 aromatic rings. The zero-order chi connectivity index (χ0) is 27.9. The summed E-state index contributed by atoms with van der Waals surface area (Å²) in [4.78, 5) is 13.2. The Morgan fingerprint density at radius 1 is 0.900 bits per heavy atom. The Kier molecular flexibility index (Phi) is 8.10. The van der Waals surface area contributed by atoms with Gasteiger partial charge in [0.2, 0.25) is 0 Å². The van der Waals surface area contributed by atoms with Crippen molar-refractivity contribution < 1.29 is 9.53 Å². The molecule has 1 N–H and O–H groups in total. The molecule has 0 aliphatic heterocycles. The average Bonchev–Trinajstić information content (AvgIpc) is 3.36. The van der Waals surface area contributed by atoms with E-state index in [2.05, 4.69) is 16.0 Å². The number of aromatic nitrogens is 1. The molecule has 4 aromatic carbocycles. The molecule has 1 aromatic heterocycles. The minimum Gasteiger partial charge on any atom is -0.494 e. The number of ether oxygens (including phenoxy) is 1. The normalized spacial score (nSPS) is 11.1. The number of rotatable bonds is 8. The summed E-state index contributed by atoms with van der Waals surface area (Å²) in [5, 5.41) is 13.3. The van der Waals surface area contributed by atoms with Crippen LogP contribution in [0.2, 0.25) is 5.02 Å². The van der Waals surface area contributed by atoms with Crippen LogP contribution in [0, 0.1) is 11.3 Å². The van der Waals surface area contributed by atoms with E-state index in [-0.39, 0.29) is 5.57 Å². The summed E-state index contributed by atoms with van der Waals surface area (Å²) < 4.78 is 7.82. The Balaban J connectivity index is 1.70. The van der Waals surface area contributed by atoms with Crippen molar-refractivity contribution in [3.63, 3.8) is 0 Å². The van der Waals surface area contributed by atoms with Gasteiger partial charge in [-0.25, -0.2) is 0 Å². The Morgan fingerprint density at radius 3 is 2.20 bits per heavy atom. The van der Waals surface area contributed by atoms with Gasteiger partial charge in [-0.3, -0.25) is 4.79 Å². The van der Waals surface area contributed by atoms with Crippen LogP contribution in [0.5, 0.6) is 5.75 Å². The summed E-state index contributed by atoms with van der Waals surface area (Å²) in [6, 6.07) is 38.8.